The first-order valence-corrected chi connectivity index (χ1v) is 7.50. The molecule has 6 nitrogen and oxygen atoms in total. The molecule has 0 N–H and O–H groups in total. The highest BCUT2D eigenvalue weighted by atomic mass is 19.4. The minimum Gasteiger partial charge on any atom is -0.337 e. The molecule has 1 aliphatic rings. The van der Waals surface area contributed by atoms with Crippen LogP contribution in [0.3, 0.4) is 0 Å². The predicted octanol–water partition coefficient (Wildman–Crippen LogP) is 1.95. The van der Waals surface area contributed by atoms with Crippen LogP contribution in [0.2, 0.25) is 0 Å². The van der Waals surface area contributed by atoms with Gasteiger partial charge in [-0.2, -0.15) is 13.2 Å². The van der Waals surface area contributed by atoms with Crippen molar-refractivity contribution in [3.63, 3.8) is 0 Å². The second-order valence-corrected chi connectivity index (χ2v) is 6.03. The molecule has 1 unspecified atom stereocenters. The van der Waals surface area contributed by atoms with E-state index in [2.05, 4.69) is 20.1 Å². The van der Waals surface area contributed by atoms with Crippen LogP contribution in [0.1, 0.15) is 36.1 Å². The average molecular weight is 328 g/mol. The van der Waals surface area contributed by atoms with Gasteiger partial charge in [0.1, 0.15) is 18.0 Å². The number of aryl methyl sites for hydroxylation is 2. The first-order chi connectivity index (χ1) is 10.8. The van der Waals surface area contributed by atoms with E-state index in [4.69, 9.17) is 0 Å². The summed E-state index contributed by atoms with van der Waals surface area (Å²) in [4.78, 5) is 6.03. The summed E-state index contributed by atoms with van der Waals surface area (Å²) in [6, 6.07) is 0. The Morgan fingerprint density at radius 1 is 1.26 bits per heavy atom. The third-order valence-corrected chi connectivity index (χ3v) is 4.24. The van der Waals surface area contributed by atoms with Gasteiger partial charge in [0.25, 0.3) is 0 Å². The number of imidazole rings is 1. The molecule has 0 spiro atoms. The first-order valence-electron chi connectivity index (χ1n) is 7.50. The van der Waals surface area contributed by atoms with E-state index < -0.39 is 11.9 Å². The summed E-state index contributed by atoms with van der Waals surface area (Å²) < 4.78 is 41.8. The van der Waals surface area contributed by atoms with Gasteiger partial charge in [-0.1, -0.05) is 0 Å². The Morgan fingerprint density at radius 2 is 2.04 bits per heavy atom. The molecule has 0 radical (unpaired) electrons. The maximum atomic E-state index is 12.8. The monoisotopic (exact) mass is 328 g/mol. The maximum Gasteiger partial charge on any atom is 0.434 e. The quantitative estimate of drug-likeness (QED) is 0.864. The van der Waals surface area contributed by atoms with Gasteiger partial charge >= 0.3 is 6.18 Å². The van der Waals surface area contributed by atoms with Gasteiger partial charge in [0.15, 0.2) is 5.69 Å². The highest BCUT2D eigenvalue weighted by molar-refractivity contribution is 5.12. The fourth-order valence-corrected chi connectivity index (χ4v) is 3.06. The van der Waals surface area contributed by atoms with E-state index in [1.54, 1.807) is 13.4 Å². The normalized spacial score (nSPS) is 20.1. The number of piperidine rings is 1. The third kappa shape index (κ3) is 3.39. The van der Waals surface area contributed by atoms with Crippen LogP contribution in [0, 0.1) is 0 Å². The molecule has 0 aromatic carbocycles. The molecule has 126 valence electrons. The Hall–Kier alpha value is -1.90. The van der Waals surface area contributed by atoms with Crippen LogP contribution in [0.15, 0.2) is 12.5 Å². The molecule has 23 heavy (non-hydrogen) atoms. The predicted molar refractivity (Wildman–Crippen MR) is 76.5 cm³/mol. The summed E-state index contributed by atoms with van der Waals surface area (Å²) in [5, 5.41) is 7.92. The lowest BCUT2D eigenvalue weighted by molar-refractivity contribution is -0.141. The first kappa shape index (κ1) is 16.0. The summed E-state index contributed by atoms with van der Waals surface area (Å²) in [6.07, 6.45) is 0.0826. The number of alkyl halides is 3. The van der Waals surface area contributed by atoms with E-state index in [9.17, 15) is 13.2 Å². The lowest BCUT2D eigenvalue weighted by atomic mass is 9.97. The largest absolute Gasteiger partial charge is 0.434 e. The summed E-state index contributed by atoms with van der Waals surface area (Å²) in [5.41, 5.74) is -0.819. The molecule has 1 aliphatic heterocycles. The molecule has 0 aliphatic carbocycles. The van der Waals surface area contributed by atoms with Gasteiger partial charge < -0.3 is 9.13 Å². The summed E-state index contributed by atoms with van der Waals surface area (Å²) in [7, 11) is 3.50. The number of halogens is 3. The van der Waals surface area contributed by atoms with E-state index in [0.29, 0.717) is 18.9 Å². The molecule has 3 heterocycles. The van der Waals surface area contributed by atoms with Crippen molar-refractivity contribution in [3.05, 3.63) is 29.9 Å². The Bertz CT molecular complexity index is 674. The number of nitrogens with zero attached hydrogens (tertiary/aromatic N) is 6. The smallest absolute Gasteiger partial charge is 0.337 e. The molecule has 1 fully saturated rings. The summed E-state index contributed by atoms with van der Waals surface area (Å²) >= 11 is 0. The van der Waals surface area contributed by atoms with Crippen molar-refractivity contribution >= 4 is 0 Å². The minimum absolute atomic E-state index is 0.00178. The third-order valence-electron chi connectivity index (χ3n) is 4.24. The van der Waals surface area contributed by atoms with Crippen molar-refractivity contribution in [1.29, 1.82) is 0 Å². The zero-order valence-corrected chi connectivity index (χ0v) is 13.1. The standard InChI is InChI=1S/C14H19F3N6/c1-21-7-11(14(15,16)17)19-13(21)10-4-3-5-23(6-10)8-12-20-18-9-22(12)2/h7,9-10H,3-6,8H2,1-2H3. The van der Waals surface area contributed by atoms with E-state index in [0.717, 1.165) is 31.4 Å². The Balaban J connectivity index is 1.74. The minimum atomic E-state index is -4.40. The van der Waals surface area contributed by atoms with Gasteiger partial charge in [0.2, 0.25) is 0 Å². The van der Waals surface area contributed by atoms with Gasteiger partial charge in [-0.05, 0) is 19.4 Å². The zero-order chi connectivity index (χ0) is 16.6. The molecular formula is C14H19F3N6. The second-order valence-electron chi connectivity index (χ2n) is 6.03. The average Bonchev–Trinajstić information content (AvgIpc) is 3.06. The Morgan fingerprint density at radius 3 is 2.65 bits per heavy atom. The molecule has 1 atom stereocenters. The highest BCUT2D eigenvalue weighted by Crippen LogP contribution is 2.32. The Kier molecular flexibility index (Phi) is 4.13. The van der Waals surface area contributed by atoms with Gasteiger partial charge in [-0.3, -0.25) is 4.90 Å². The van der Waals surface area contributed by atoms with Crippen molar-refractivity contribution in [2.24, 2.45) is 14.1 Å². The maximum absolute atomic E-state index is 12.8. The van der Waals surface area contributed by atoms with E-state index in [1.165, 1.54) is 4.57 Å². The highest BCUT2D eigenvalue weighted by Gasteiger charge is 2.36. The van der Waals surface area contributed by atoms with E-state index >= 15 is 0 Å². The lowest BCUT2D eigenvalue weighted by Crippen LogP contribution is -2.35. The lowest BCUT2D eigenvalue weighted by Gasteiger charge is -2.31. The molecule has 2 aromatic heterocycles. The van der Waals surface area contributed by atoms with E-state index in [1.807, 2.05) is 11.6 Å². The van der Waals surface area contributed by atoms with Gasteiger partial charge in [-0.15, -0.1) is 10.2 Å². The van der Waals surface area contributed by atoms with E-state index in [-0.39, 0.29) is 5.92 Å². The van der Waals surface area contributed by atoms with Crippen LogP contribution in [0.5, 0.6) is 0 Å². The fraction of sp³-hybridized carbons (Fsp3) is 0.643. The zero-order valence-electron chi connectivity index (χ0n) is 13.1. The summed E-state index contributed by atoms with van der Waals surface area (Å²) in [6.45, 7) is 2.22. The molecular weight excluding hydrogens is 309 g/mol. The summed E-state index contributed by atoms with van der Waals surface area (Å²) in [5.74, 6) is 1.35. The Labute approximate surface area is 131 Å². The number of hydrogen-bond acceptors (Lipinski definition) is 4. The fourth-order valence-electron chi connectivity index (χ4n) is 3.06. The number of hydrogen-bond donors (Lipinski definition) is 0. The molecule has 0 amide bonds. The van der Waals surface area contributed by atoms with Crippen LogP contribution < -0.4 is 0 Å². The van der Waals surface area contributed by atoms with Gasteiger partial charge in [0, 0.05) is 32.8 Å². The molecule has 2 aromatic rings. The topological polar surface area (TPSA) is 51.8 Å². The van der Waals surface area contributed by atoms with Gasteiger partial charge in [-0.25, -0.2) is 4.98 Å². The molecule has 9 heteroatoms. The van der Waals surface area contributed by atoms with Crippen LogP contribution in [-0.2, 0) is 26.8 Å². The SMILES string of the molecule is Cn1cnnc1CN1CCCC(c2nc(C(F)(F)F)cn2C)C1. The van der Waals surface area contributed by atoms with Crippen molar-refractivity contribution in [3.8, 4) is 0 Å². The second kappa shape index (κ2) is 5.95. The molecule has 3 rings (SSSR count). The van der Waals surface area contributed by atoms with Crippen LogP contribution in [-0.4, -0.2) is 42.3 Å². The van der Waals surface area contributed by atoms with Crippen LogP contribution >= 0.6 is 0 Å². The number of aromatic nitrogens is 5. The van der Waals surface area contributed by atoms with Crippen molar-refractivity contribution in [2.75, 3.05) is 13.1 Å². The molecule has 1 saturated heterocycles. The number of likely N-dealkylation sites (tertiary alicyclic amines) is 1. The van der Waals surface area contributed by atoms with Crippen LogP contribution in [0.25, 0.3) is 0 Å². The molecule has 0 bridgehead atoms. The molecule has 0 saturated carbocycles. The van der Waals surface area contributed by atoms with Crippen molar-refractivity contribution in [2.45, 2.75) is 31.5 Å². The number of rotatable bonds is 3. The van der Waals surface area contributed by atoms with Crippen LogP contribution in [0.4, 0.5) is 13.2 Å². The van der Waals surface area contributed by atoms with Crippen molar-refractivity contribution < 1.29 is 13.2 Å². The van der Waals surface area contributed by atoms with Gasteiger partial charge in [0.05, 0.1) is 6.54 Å². The van der Waals surface area contributed by atoms with Crippen molar-refractivity contribution in [1.82, 2.24) is 29.2 Å².